The van der Waals surface area contributed by atoms with Gasteiger partial charge in [0.1, 0.15) is 6.54 Å². The van der Waals surface area contributed by atoms with E-state index >= 15 is 0 Å². The minimum atomic E-state index is -0.922. The summed E-state index contributed by atoms with van der Waals surface area (Å²) in [6, 6.07) is 1.35. The molecule has 0 saturated carbocycles. The van der Waals surface area contributed by atoms with E-state index in [0.29, 0.717) is 3.57 Å². The van der Waals surface area contributed by atoms with Gasteiger partial charge in [-0.2, -0.15) is 0 Å². The summed E-state index contributed by atoms with van der Waals surface area (Å²) in [5, 5.41) is 8.43. The van der Waals surface area contributed by atoms with Crippen LogP contribution < -0.4 is 5.43 Å². The molecule has 1 heterocycles. The highest BCUT2D eigenvalue weighted by Crippen LogP contribution is 1.96. The number of pyridine rings is 1. The maximum Gasteiger partial charge on any atom is 0.323 e. The van der Waals surface area contributed by atoms with Crippen molar-refractivity contribution in [1.82, 2.24) is 4.57 Å². The maximum atomic E-state index is 10.9. The Morgan fingerprint density at radius 3 is 2.83 bits per heavy atom. The molecule has 0 radical (unpaired) electrons. The van der Waals surface area contributed by atoms with Crippen molar-refractivity contribution in [2.45, 2.75) is 6.54 Å². The summed E-state index contributed by atoms with van der Waals surface area (Å²) < 4.78 is 1.97. The van der Waals surface area contributed by atoms with E-state index in [9.17, 15) is 9.59 Å². The van der Waals surface area contributed by atoms with Crippen molar-refractivity contribution in [3.05, 3.63) is 32.3 Å². The Balaban J connectivity index is 2.97. The van der Waals surface area contributed by atoms with Crippen molar-refractivity contribution >= 4 is 28.6 Å². The van der Waals surface area contributed by atoms with E-state index in [1.165, 1.54) is 23.0 Å². The highest BCUT2D eigenvalue weighted by Gasteiger charge is 1.99. The van der Waals surface area contributed by atoms with Crippen LogP contribution in [0.4, 0.5) is 0 Å². The Morgan fingerprint density at radius 2 is 2.33 bits per heavy atom. The first-order chi connectivity index (χ1) is 5.59. The van der Waals surface area contributed by atoms with Gasteiger partial charge in [-0.1, -0.05) is 0 Å². The van der Waals surface area contributed by atoms with Gasteiger partial charge in [-0.15, -0.1) is 0 Å². The number of carbonyl (C=O) groups is 1. The largest absolute Gasteiger partial charge is 0.480 e. The van der Waals surface area contributed by atoms with Crippen LogP contribution in [-0.2, 0) is 11.3 Å². The van der Waals surface area contributed by atoms with Crippen LogP contribution in [0.25, 0.3) is 0 Å². The molecular formula is C7H6INO3. The average Bonchev–Trinajstić information content (AvgIpc) is 1.96. The first-order valence-electron chi connectivity index (χ1n) is 3.17. The molecule has 0 fully saturated rings. The zero-order chi connectivity index (χ0) is 9.14. The monoisotopic (exact) mass is 279 g/mol. The van der Waals surface area contributed by atoms with E-state index < -0.39 is 5.97 Å². The van der Waals surface area contributed by atoms with Gasteiger partial charge in [0, 0.05) is 18.5 Å². The molecule has 1 N–H and O–H groups in total. The van der Waals surface area contributed by atoms with Crippen molar-refractivity contribution in [2.75, 3.05) is 0 Å². The number of carboxylic acid groups (broad SMARTS) is 1. The van der Waals surface area contributed by atoms with E-state index in [-0.39, 0.29) is 12.0 Å². The molecule has 0 aliphatic rings. The molecule has 0 bridgehead atoms. The summed E-state index contributed by atoms with van der Waals surface area (Å²) in [5.41, 5.74) is -0.0859. The first-order valence-corrected chi connectivity index (χ1v) is 4.25. The SMILES string of the molecule is O=C(O)Cn1ccc(=O)c(I)c1. The molecule has 12 heavy (non-hydrogen) atoms. The van der Waals surface area contributed by atoms with Crippen molar-refractivity contribution < 1.29 is 9.90 Å². The van der Waals surface area contributed by atoms with Gasteiger partial charge in [0.05, 0.1) is 3.57 Å². The van der Waals surface area contributed by atoms with Gasteiger partial charge in [-0.3, -0.25) is 9.59 Å². The van der Waals surface area contributed by atoms with E-state index in [2.05, 4.69) is 0 Å². The number of hydrogen-bond donors (Lipinski definition) is 1. The quantitative estimate of drug-likeness (QED) is 0.804. The molecule has 64 valence electrons. The smallest absolute Gasteiger partial charge is 0.323 e. The summed E-state index contributed by atoms with van der Waals surface area (Å²) in [6.07, 6.45) is 2.97. The average molecular weight is 279 g/mol. The molecular weight excluding hydrogens is 273 g/mol. The second-order valence-electron chi connectivity index (χ2n) is 2.22. The molecule has 0 unspecified atom stereocenters. The lowest BCUT2D eigenvalue weighted by molar-refractivity contribution is -0.137. The van der Waals surface area contributed by atoms with Crippen molar-refractivity contribution in [3.63, 3.8) is 0 Å². The van der Waals surface area contributed by atoms with Crippen LogP contribution in [0.1, 0.15) is 0 Å². The molecule has 0 aromatic carbocycles. The molecule has 1 rings (SSSR count). The number of hydrogen-bond acceptors (Lipinski definition) is 2. The lowest BCUT2D eigenvalue weighted by atomic mass is 10.4. The van der Waals surface area contributed by atoms with E-state index in [1.807, 2.05) is 22.6 Å². The molecule has 4 nitrogen and oxygen atoms in total. The van der Waals surface area contributed by atoms with E-state index in [4.69, 9.17) is 5.11 Å². The predicted octanol–water partition coefficient (Wildman–Crippen LogP) is 0.538. The normalized spacial score (nSPS) is 9.75. The Labute approximate surface area is 82.0 Å². The second kappa shape index (κ2) is 3.70. The molecule has 1 aromatic heterocycles. The van der Waals surface area contributed by atoms with Crippen molar-refractivity contribution in [2.24, 2.45) is 0 Å². The van der Waals surface area contributed by atoms with Crippen LogP contribution in [-0.4, -0.2) is 15.6 Å². The highest BCUT2D eigenvalue weighted by atomic mass is 127. The highest BCUT2D eigenvalue weighted by molar-refractivity contribution is 14.1. The molecule has 0 atom stereocenters. The van der Waals surface area contributed by atoms with Crippen LogP contribution in [0.2, 0.25) is 0 Å². The maximum absolute atomic E-state index is 10.9. The standard InChI is InChI=1S/C7H6INO3/c8-5-3-9(4-7(11)12)2-1-6(5)10/h1-3H,4H2,(H,11,12). The van der Waals surface area contributed by atoms with E-state index in [0.717, 1.165) is 0 Å². The fourth-order valence-electron chi connectivity index (χ4n) is 0.750. The number of carboxylic acids is 1. The van der Waals surface area contributed by atoms with Crippen molar-refractivity contribution in [1.29, 1.82) is 0 Å². The van der Waals surface area contributed by atoms with E-state index in [1.54, 1.807) is 0 Å². The zero-order valence-corrected chi connectivity index (χ0v) is 8.19. The topological polar surface area (TPSA) is 59.3 Å². The Kier molecular flexibility index (Phi) is 2.85. The van der Waals surface area contributed by atoms with Crippen LogP contribution in [0.15, 0.2) is 23.3 Å². The molecule has 0 aliphatic carbocycles. The molecule has 1 aromatic rings. The van der Waals surface area contributed by atoms with Gasteiger partial charge in [-0.25, -0.2) is 0 Å². The molecule has 0 saturated heterocycles. The third-order valence-electron chi connectivity index (χ3n) is 1.25. The first kappa shape index (κ1) is 9.24. The van der Waals surface area contributed by atoms with Crippen LogP contribution in [0.3, 0.4) is 0 Å². The minimum absolute atomic E-state index is 0.0859. The zero-order valence-electron chi connectivity index (χ0n) is 6.03. The summed E-state index contributed by atoms with van der Waals surface area (Å²) >= 11 is 1.87. The summed E-state index contributed by atoms with van der Waals surface area (Å²) in [6.45, 7) is -0.115. The summed E-state index contributed by atoms with van der Waals surface area (Å²) in [5.74, 6) is -0.922. The summed E-state index contributed by atoms with van der Waals surface area (Å²) in [7, 11) is 0. The van der Waals surface area contributed by atoms with Crippen molar-refractivity contribution in [3.8, 4) is 0 Å². The number of nitrogens with zero attached hydrogens (tertiary/aromatic N) is 1. The van der Waals surface area contributed by atoms with Gasteiger partial charge >= 0.3 is 5.97 Å². The van der Waals surface area contributed by atoms with Gasteiger partial charge in [-0.05, 0) is 22.6 Å². The summed E-state index contributed by atoms with van der Waals surface area (Å²) in [4.78, 5) is 21.2. The van der Waals surface area contributed by atoms with Gasteiger partial charge in [0.25, 0.3) is 0 Å². The molecule has 0 aliphatic heterocycles. The number of halogens is 1. The van der Waals surface area contributed by atoms with Crippen LogP contribution in [0, 0.1) is 3.57 Å². The molecule has 5 heteroatoms. The van der Waals surface area contributed by atoms with Crippen LogP contribution in [0.5, 0.6) is 0 Å². The fraction of sp³-hybridized carbons (Fsp3) is 0.143. The number of aromatic nitrogens is 1. The predicted molar refractivity (Wildman–Crippen MR) is 51.1 cm³/mol. The molecule has 0 spiro atoms. The second-order valence-corrected chi connectivity index (χ2v) is 3.39. The lowest BCUT2D eigenvalue weighted by Gasteiger charge is -2.01. The lowest BCUT2D eigenvalue weighted by Crippen LogP contribution is -2.13. The van der Waals surface area contributed by atoms with Gasteiger partial charge < -0.3 is 9.67 Å². The minimum Gasteiger partial charge on any atom is -0.480 e. The van der Waals surface area contributed by atoms with Gasteiger partial charge in [0.2, 0.25) is 0 Å². The Hall–Kier alpha value is -0.850. The molecule has 0 amide bonds. The van der Waals surface area contributed by atoms with Gasteiger partial charge in [0.15, 0.2) is 5.43 Å². The third kappa shape index (κ3) is 2.33. The number of aliphatic carboxylic acids is 1. The number of rotatable bonds is 2. The fourth-order valence-corrected chi connectivity index (χ4v) is 1.29. The Bertz CT molecular complexity index is 358. The van der Waals surface area contributed by atoms with Crippen LogP contribution >= 0.6 is 22.6 Å². The Morgan fingerprint density at radius 1 is 1.67 bits per heavy atom. The third-order valence-corrected chi connectivity index (χ3v) is 2.06.